The van der Waals surface area contributed by atoms with E-state index in [-0.39, 0.29) is 0 Å². The Hall–Kier alpha value is -0.120. The van der Waals surface area contributed by atoms with E-state index >= 15 is 0 Å². The van der Waals surface area contributed by atoms with E-state index in [1.807, 2.05) is 0 Å². The highest BCUT2D eigenvalue weighted by atomic mass is 16.3. The number of nitrogens with one attached hydrogen (secondary N) is 1. The van der Waals surface area contributed by atoms with E-state index in [0.717, 1.165) is 45.6 Å². The van der Waals surface area contributed by atoms with Crippen LogP contribution in [0.25, 0.3) is 0 Å². The van der Waals surface area contributed by atoms with E-state index in [1.54, 1.807) is 0 Å². The van der Waals surface area contributed by atoms with Crippen LogP contribution >= 0.6 is 0 Å². The summed E-state index contributed by atoms with van der Waals surface area (Å²) in [6.07, 6.45) is 2.04. The molecule has 1 saturated heterocycles. The maximum absolute atomic E-state index is 10.2. The Morgan fingerprint density at radius 3 is 2.54 bits per heavy atom. The van der Waals surface area contributed by atoms with E-state index in [2.05, 4.69) is 24.1 Å². The molecule has 0 radical (unpaired) electrons. The predicted octanol–water partition coefficient (Wildman–Crippen LogP) is 0.443. The van der Waals surface area contributed by atoms with Crippen LogP contribution in [0.5, 0.6) is 0 Å². The van der Waals surface area contributed by atoms with Crippen molar-refractivity contribution >= 4 is 0 Å². The van der Waals surface area contributed by atoms with E-state index in [4.69, 9.17) is 0 Å². The largest absolute Gasteiger partial charge is 0.387 e. The Morgan fingerprint density at radius 2 is 2.08 bits per heavy atom. The van der Waals surface area contributed by atoms with E-state index in [1.165, 1.54) is 0 Å². The molecule has 1 atom stereocenters. The quantitative estimate of drug-likeness (QED) is 0.669. The van der Waals surface area contributed by atoms with Crippen molar-refractivity contribution in [3.63, 3.8) is 0 Å². The summed E-state index contributed by atoms with van der Waals surface area (Å²) in [6, 6.07) is 0. The number of piperidine rings is 1. The maximum Gasteiger partial charge on any atom is 0.0898 e. The van der Waals surface area contributed by atoms with Gasteiger partial charge in [0.1, 0.15) is 0 Å². The van der Waals surface area contributed by atoms with Gasteiger partial charge in [0.15, 0.2) is 0 Å². The number of hydrogen-bond acceptors (Lipinski definition) is 3. The Balaban J connectivity index is 2.39. The topological polar surface area (TPSA) is 35.5 Å². The maximum atomic E-state index is 10.2. The van der Waals surface area contributed by atoms with Crippen LogP contribution in [0, 0.1) is 0 Å². The highest BCUT2D eigenvalue weighted by Crippen LogP contribution is 2.17. The van der Waals surface area contributed by atoms with Gasteiger partial charge in [-0.25, -0.2) is 0 Å². The van der Waals surface area contributed by atoms with Crippen LogP contribution < -0.4 is 5.32 Å². The summed E-state index contributed by atoms with van der Waals surface area (Å²) in [5.74, 6) is 0. The third-order valence-corrected chi connectivity index (χ3v) is 2.86. The molecule has 78 valence electrons. The van der Waals surface area contributed by atoms with E-state index in [0.29, 0.717) is 0 Å². The molecular weight excluding hydrogens is 164 g/mol. The fraction of sp³-hybridized carbons (Fsp3) is 1.00. The smallest absolute Gasteiger partial charge is 0.0898 e. The van der Waals surface area contributed by atoms with Crippen LogP contribution in [-0.4, -0.2) is 48.3 Å². The zero-order valence-corrected chi connectivity index (χ0v) is 8.84. The van der Waals surface area contributed by atoms with E-state index in [9.17, 15) is 5.11 Å². The van der Waals surface area contributed by atoms with Crippen molar-refractivity contribution in [1.29, 1.82) is 0 Å². The molecule has 0 aromatic carbocycles. The van der Waals surface area contributed by atoms with Crippen molar-refractivity contribution in [1.82, 2.24) is 10.2 Å². The summed E-state index contributed by atoms with van der Waals surface area (Å²) in [5, 5.41) is 13.5. The fourth-order valence-corrected chi connectivity index (χ4v) is 1.95. The summed E-state index contributed by atoms with van der Waals surface area (Å²) >= 11 is 0. The lowest BCUT2D eigenvalue weighted by Crippen LogP contribution is -2.52. The minimum absolute atomic E-state index is 0.482. The highest BCUT2D eigenvalue weighted by molar-refractivity contribution is 4.87. The Morgan fingerprint density at radius 1 is 1.38 bits per heavy atom. The number of aliphatic hydroxyl groups is 1. The Bertz CT molecular complexity index is 140. The monoisotopic (exact) mass is 186 g/mol. The molecule has 3 nitrogen and oxygen atoms in total. The summed E-state index contributed by atoms with van der Waals surface area (Å²) in [6.45, 7) is 8.96. The molecular formula is C10H22N2O. The Labute approximate surface area is 81.1 Å². The van der Waals surface area contributed by atoms with Crippen LogP contribution in [0.4, 0.5) is 0 Å². The molecule has 0 unspecified atom stereocenters. The molecule has 0 aromatic heterocycles. The number of rotatable bonds is 4. The molecule has 13 heavy (non-hydrogen) atoms. The van der Waals surface area contributed by atoms with Crippen molar-refractivity contribution < 1.29 is 5.11 Å². The summed E-state index contributed by atoms with van der Waals surface area (Å²) in [5.41, 5.74) is -0.482. The summed E-state index contributed by atoms with van der Waals surface area (Å²) in [7, 11) is 0. The van der Waals surface area contributed by atoms with Crippen LogP contribution in [0.1, 0.15) is 26.7 Å². The SMILES string of the molecule is CCN(CC)C[C@@]1(O)CCCNC1. The normalized spacial score (nSPS) is 29.5. The first-order chi connectivity index (χ1) is 6.20. The second-order valence-electron chi connectivity index (χ2n) is 3.97. The molecule has 3 heteroatoms. The van der Waals surface area contributed by atoms with Gasteiger partial charge in [-0.2, -0.15) is 0 Å². The van der Waals surface area contributed by atoms with Crippen molar-refractivity contribution in [2.75, 3.05) is 32.7 Å². The summed E-state index contributed by atoms with van der Waals surface area (Å²) < 4.78 is 0. The number of likely N-dealkylation sites (N-methyl/N-ethyl adjacent to an activating group) is 1. The molecule has 1 heterocycles. The molecule has 0 amide bonds. The van der Waals surface area contributed by atoms with Gasteiger partial charge in [-0.1, -0.05) is 13.8 Å². The van der Waals surface area contributed by atoms with Gasteiger partial charge in [-0.05, 0) is 32.5 Å². The predicted molar refractivity (Wildman–Crippen MR) is 54.8 cm³/mol. The molecule has 0 aliphatic carbocycles. The van der Waals surface area contributed by atoms with Gasteiger partial charge in [0, 0.05) is 13.1 Å². The van der Waals surface area contributed by atoms with Gasteiger partial charge in [0.05, 0.1) is 5.60 Å². The van der Waals surface area contributed by atoms with E-state index < -0.39 is 5.60 Å². The molecule has 0 spiro atoms. The molecule has 2 N–H and O–H groups in total. The van der Waals surface area contributed by atoms with Crippen LogP contribution in [0.15, 0.2) is 0 Å². The van der Waals surface area contributed by atoms with Gasteiger partial charge >= 0.3 is 0 Å². The zero-order valence-electron chi connectivity index (χ0n) is 8.84. The third-order valence-electron chi connectivity index (χ3n) is 2.86. The molecule has 1 fully saturated rings. The highest BCUT2D eigenvalue weighted by Gasteiger charge is 2.30. The molecule has 1 aliphatic heterocycles. The standard InChI is InChI=1S/C10H22N2O/c1-3-12(4-2)9-10(13)6-5-7-11-8-10/h11,13H,3-9H2,1-2H3/t10-/m1/s1. The molecule has 0 bridgehead atoms. The lowest BCUT2D eigenvalue weighted by atomic mass is 9.93. The van der Waals surface area contributed by atoms with Crippen molar-refractivity contribution in [3.8, 4) is 0 Å². The van der Waals surface area contributed by atoms with Gasteiger partial charge in [0.25, 0.3) is 0 Å². The van der Waals surface area contributed by atoms with Gasteiger partial charge in [-0.15, -0.1) is 0 Å². The first kappa shape index (κ1) is 11.0. The average molecular weight is 186 g/mol. The molecule has 1 rings (SSSR count). The fourth-order valence-electron chi connectivity index (χ4n) is 1.95. The lowest BCUT2D eigenvalue weighted by molar-refractivity contribution is -0.0131. The van der Waals surface area contributed by atoms with Gasteiger partial charge < -0.3 is 15.3 Å². The van der Waals surface area contributed by atoms with Crippen LogP contribution in [0.2, 0.25) is 0 Å². The van der Waals surface area contributed by atoms with Crippen molar-refractivity contribution in [3.05, 3.63) is 0 Å². The minimum atomic E-state index is -0.482. The Kier molecular flexibility index (Phi) is 4.16. The van der Waals surface area contributed by atoms with Crippen molar-refractivity contribution in [2.45, 2.75) is 32.3 Å². The summed E-state index contributed by atoms with van der Waals surface area (Å²) in [4.78, 5) is 2.28. The lowest BCUT2D eigenvalue weighted by Gasteiger charge is -2.36. The first-order valence-electron chi connectivity index (χ1n) is 5.35. The van der Waals surface area contributed by atoms with Gasteiger partial charge in [-0.3, -0.25) is 0 Å². The average Bonchev–Trinajstić information content (AvgIpc) is 2.15. The van der Waals surface area contributed by atoms with Crippen LogP contribution in [0.3, 0.4) is 0 Å². The number of nitrogens with zero attached hydrogens (tertiary/aromatic N) is 1. The zero-order chi connectivity index (χ0) is 9.73. The first-order valence-corrected chi connectivity index (χ1v) is 5.35. The number of β-amino-alcohol motifs (C(OH)–C–C–N with tert-alkyl or cyclic N) is 1. The minimum Gasteiger partial charge on any atom is -0.387 e. The van der Waals surface area contributed by atoms with Gasteiger partial charge in [0.2, 0.25) is 0 Å². The van der Waals surface area contributed by atoms with Crippen molar-refractivity contribution in [2.24, 2.45) is 0 Å². The molecule has 0 aromatic rings. The van der Waals surface area contributed by atoms with Crippen LogP contribution in [-0.2, 0) is 0 Å². The number of hydrogen-bond donors (Lipinski definition) is 2. The second kappa shape index (κ2) is 4.94. The second-order valence-corrected chi connectivity index (χ2v) is 3.97. The molecule has 0 saturated carbocycles. The third kappa shape index (κ3) is 3.25. The molecule has 1 aliphatic rings.